The van der Waals surface area contributed by atoms with Gasteiger partial charge in [0.2, 0.25) is 0 Å². The van der Waals surface area contributed by atoms with Gasteiger partial charge in [-0.25, -0.2) is 9.59 Å². The Morgan fingerprint density at radius 2 is 1.04 bits per heavy atom. The van der Waals surface area contributed by atoms with Crippen LogP contribution < -0.4 is 9.80 Å². The number of amides is 2. The van der Waals surface area contributed by atoms with Crippen LogP contribution in [0.1, 0.15) is 0 Å². The molecule has 6 nitrogen and oxygen atoms in total. The molecule has 2 aliphatic rings. The van der Waals surface area contributed by atoms with Crippen molar-refractivity contribution >= 4 is 45.1 Å². The van der Waals surface area contributed by atoms with Crippen LogP contribution in [0.3, 0.4) is 0 Å². The molecule has 134 valence electrons. The van der Waals surface area contributed by atoms with Gasteiger partial charge in [-0.15, -0.1) is 0 Å². The first-order valence-electron chi connectivity index (χ1n) is 8.14. The van der Waals surface area contributed by atoms with Crippen molar-refractivity contribution in [2.45, 2.75) is 9.79 Å². The van der Waals surface area contributed by atoms with Crippen LogP contribution in [0.15, 0.2) is 58.3 Å². The van der Waals surface area contributed by atoms with Gasteiger partial charge in [0.25, 0.3) is 0 Å². The topological polar surface area (TPSA) is 59.1 Å². The zero-order valence-corrected chi connectivity index (χ0v) is 15.4. The lowest BCUT2D eigenvalue weighted by Crippen LogP contribution is -2.23. The summed E-state index contributed by atoms with van der Waals surface area (Å²) in [6, 6.07) is 15.7. The molecule has 2 aliphatic heterocycles. The zero-order valence-electron chi connectivity index (χ0n) is 13.8. The van der Waals surface area contributed by atoms with Gasteiger partial charge in [0, 0.05) is 21.2 Å². The van der Waals surface area contributed by atoms with Crippen LogP contribution in [0, 0.1) is 0 Å². The summed E-state index contributed by atoms with van der Waals surface area (Å²) < 4.78 is 9.91. The highest BCUT2D eigenvalue weighted by molar-refractivity contribution is 8.76. The van der Waals surface area contributed by atoms with E-state index in [4.69, 9.17) is 9.47 Å². The minimum Gasteiger partial charge on any atom is -0.447 e. The fraction of sp³-hybridized carbons (Fsp3) is 0.222. The standard InChI is InChI=1S/C18H16N2O4S2/c21-17-19(9-11-23-17)13-1-5-15(6-2-13)25-26-16-7-3-14(4-8-16)20-10-12-24-18(20)22/h1-8H,9-12H2. The number of carbonyl (C=O) groups excluding carboxylic acids is 2. The van der Waals surface area contributed by atoms with Gasteiger partial charge in [-0.2, -0.15) is 0 Å². The number of hydrogen-bond donors (Lipinski definition) is 0. The highest BCUT2D eigenvalue weighted by Crippen LogP contribution is 2.38. The minimum absolute atomic E-state index is 0.290. The summed E-state index contributed by atoms with van der Waals surface area (Å²) >= 11 is 0. The Bertz CT molecular complexity index is 741. The molecule has 2 heterocycles. The van der Waals surface area contributed by atoms with Crippen LogP contribution in [0.25, 0.3) is 0 Å². The minimum atomic E-state index is -0.290. The van der Waals surface area contributed by atoms with E-state index < -0.39 is 0 Å². The number of cyclic esters (lactones) is 2. The molecule has 2 saturated heterocycles. The Labute approximate surface area is 158 Å². The summed E-state index contributed by atoms with van der Waals surface area (Å²) in [5.74, 6) is 0. The summed E-state index contributed by atoms with van der Waals surface area (Å²) in [5.41, 5.74) is 1.70. The molecular weight excluding hydrogens is 372 g/mol. The van der Waals surface area contributed by atoms with Crippen molar-refractivity contribution in [1.29, 1.82) is 0 Å². The van der Waals surface area contributed by atoms with Crippen molar-refractivity contribution in [1.82, 2.24) is 0 Å². The summed E-state index contributed by atoms with van der Waals surface area (Å²) in [4.78, 5) is 28.6. The van der Waals surface area contributed by atoms with Gasteiger partial charge in [-0.05, 0) is 48.5 Å². The second-order valence-electron chi connectivity index (χ2n) is 5.69. The zero-order chi connectivity index (χ0) is 17.9. The molecule has 0 aliphatic carbocycles. The van der Waals surface area contributed by atoms with Crippen LogP contribution >= 0.6 is 21.6 Å². The lowest BCUT2D eigenvalue weighted by Gasteiger charge is -2.13. The maximum absolute atomic E-state index is 11.6. The van der Waals surface area contributed by atoms with E-state index in [-0.39, 0.29) is 12.2 Å². The van der Waals surface area contributed by atoms with Crippen molar-refractivity contribution in [3.8, 4) is 0 Å². The van der Waals surface area contributed by atoms with Crippen LogP contribution in [-0.4, -0.2) is 38.5 Å². The van der Waals surface area contributed by atoms with Gasteiger partial charge in [-0.1, -0.05) is 21.6 Å². The number of anilines is 2. The molecule has 0 aromatic heterocycles. The number of hydrogen-bond acceptors (Lipinski definition) is 6. The molecule has 26 heavy (non-hydrogen) atoms. The Morgan fingerprint density at radius 1 is 0.654 bits per heavy atom. The van der Waals surface area contributed by atoms with Crippen molar-refractivity contribution in [3.63, 3.8) is 0 Å². The molecule has 0 bridgehead atoms. The quantitative estimate of drug-likeness (QED) is 0.708. The first-order valence-corrected chi connectivity index (χ1v) is 10.3. The molecule has 8 heteroatoms. The maximum atomic E-state index is 11.6. The second kappa shape index (κ2) is 7.51. The predicted octanol–water partition coefficient (Wildman–Crippen LogP) is 4.40. The van der Waals surface area contributed by atoms with E-state index in [1.54, 1.807) is 31.4 Å². The molecule has 4 rings (SSSR count). The molecule has 0 unspecified atom stereocenters. The average Bonchev–Trinajstić information content (AvgIpc) is 3.29. The largest absolute Gasteiger partial charge is 0.447 e. The summed E-state index contributed by atoms with van der Waals surface area (Å²) in [5, 5.41) is 0. The van der Waals surface area contributed by atoms with Crippen LogP contribution in [0.2, 0.25) is 0 Å². The van der Waals surface area contributed by atoms with Gasteiger partial charge in [0.15, 0.2) is 0 Å². The lowest BCUT2D eigenvalue weighted by molar-refractivity contribution is 0.180. The highest BCUT2D eigenvalue weighted by atomic mass is 33.1. The third-order valence-electron chi connectivity index (χ3n) is 4.05. The maximum Gasteiger partial charge on any atom is 0.414 e. The van der Waals surface area contributed by atoms with E-state index in [0.717, 1.165) is 21.2 Å². The second-order valence-corrected chi connectivity index (χ2v) is 7.96. The van der Waals surface area contributed by atoms with Gasteiger partial charge < -0.3 is 9.47 Å². The molecule has 2 aromatic rings. The van der Waals surface area contributed by atoms with Gasteiger partial charge >= 0.3 is 12.2 Å². The SMILES string of the molecule is O=C1OCCN1c1ccc(SSc2ccc(N3CCOC3=O)cc2)cc1. The van der Waals surface area contributed by atoms with Crippen LogP contribution in [0.5, 0.6) is 0 Å². The molecule has 0 saturated carbocycles. The molecular formula is C18H16N2O4S2. The lowest BCUT2D eigenvalue weighted by atomic mass is 10.3. The van der Waals surface area contributed by atoms with Gasteiger partial charge in [0.1, 0.15) is 13.2 Å². The number of nitrogens with zero attached hydrogens (tertiary/aromatic N) is 2. The van der Waals surface area contributed by atoms with E-state index in [2.05, 4.69) is 0 Å². The molecule has 2 aromatic carbocycles. The number of carbonyl (C=O) groups is 2. The summed E-state index contributed by atoms with van der Waals surface area (Å²) in [6.07, 6.45) is -0.580. The fourth-order valence-electron chi connectivity index (χ4n) is 2.72. The van der Waals surface area contributed by atoms with E-state index in [9.17, 15) is 9.59 Å². The third-order valence-corrected chi connectivity index (χ3v) is 6.47. The average molecular weight is 388 g/mol. The van der Waals surface area contributed by atoms with Gasteiger partial charge in [-0.3, -0.25) is 9.80 Å². The monoisotopic (exact) mass is 388 g/mol. The molecule has 2 fully saturated rings. The van der Waals surface area contributed by atoms with E-state index in [1.165, 1.54) is 0 Å². The normalized spacial score (nSPS) is 16.8. The Hall–Kier alpha value is -2.32. The van der Waals surface area contributed by atoms with Crippen molar-refractivity contribution < 1.29 is 19.1 Å². The molecule has 0 spiro atoms. The van der Waals surface area contributed by atoms with Crippen molar-refractivity contribution in [2.24, 2.45) is 0 Å². The molecule has 0 N–H and O–H groups in total. The number of ether oxygens (including phenoxy) is 2. The van der Waals surface area contributed by atoms with Crippen LogP contribution in [0.4, 0.5) is 21.0 Å². The number of benzene rings is 2. The Morgan fingerprint density at radius 3 is 1.35 bits per heavy atom. The fourth-order valence-corrected chi connectivity index (χ4v) is 4.65. The molecule has 0 radical (unpaired) electrons. The first kappa shape index (κ1) is 17.1. The van der Waals surface area contributed by atoms with Crippen molar-refractivity contribution in [2.75, 3.05) is 36.1 Å². The van der Waals surface area contributed by atoms with E-state index >= 15 is 0 Å². The predicted molar refractivity (Wildman–Crippen MR) is 102 cm³/mol. The molecule has 0 atom stereocenters. The summed E-state index contributed by atoms with van der Waals surface area (Å²) in [7, 11) is 3.28. The van der Waals surface area contributed by atoms with Crippen LogP contribution in [-0.2, 0) is 9.47 Å². The van der Waals surface area contributed by atoms with Gasteiger partial charge in [0.05, 0.1) is 13.1 Å². The Kier molecular flexibility index (Phi) is 4.94. The third kappa shape index (κ3) is 3.61. The summed E-state index contributed by atoms with van der Waals surface area (Å²) in [6.45, 7) is 2.07. The van der Waals surface area contributed by atoms with E-state index in [0.29, 0.717) is 26.3 Å². The highest BCUT2D eigenvalue weighted by Gasteiger charge is 2.24. The smallest absolute Gasteiger partial charge is 0.414 e. The van der Waals surface area contributed by atoms with Crippen molar-refractivity contribution in [3.05, 3.63) is 48.5 Å². The Balaban J connectivity index is 1.35. The first-order chi connectivity index (χ1) is 12.7. The number of rotatable bonds is 5. The molecule has 2 amide bonds. The van der Waals surface area contributed by atoms with E-state index in [1.807, 2.05) is 48.5 Å².